The van der Waals surface area contributed by atoms with E-state index in [1.807, 2.05) is 0 Å². The van der Waals surface area contributed by atoms with E-state index >= 15 is 0 Å². The van der Waals surface area contributed by atoms with E-state index in [-0.39, 0.29) is 11.7 Å². The lowest BCUT2D eigenvalue weighted by Crippen LogP contribution is -1.96. The van der Waals surface area contributed by atoms with Gasteiger partial charge in [-0.25, -0.2) is 9.37 Å². The van der Waals surface area contributed by atoms with Crippen LogP contribution in [0.4, 0.5) is 4.39 Å². The molecule has 78 valence electrons. The van der Waals surface area contributed by atoms with Gasteiger partial charge in [0.2, 0.25) is 0 Å². The Balaban J connectivity index is 2.49. The van der Waals surface area contributed by atoms with E-state index in [1.165, 1.54) is 12.1 Å². The Morgan fingerprint density at radius 1 is 1.27 bits per heavy atom. The lowest BCUT2D eigenvalue weighted by atomic mass is 10.3. The number of halogens is 3. The van der Waals surface area contributed by atoms with Gasteiger partial charge in [0.25, 0.3) is 0 Å². The van der Waals surface area contributed by atoms with Crippen LogP contribution in [0.2, 0.25) is 5.15 Å². The highest BCUT2D eigenvalue weighted by molar-refractivity contribution is 6.31. The summed E-state index contributed by atoms with van der Waals surface area (Å²) in [6.07, 6.45) is 1.56. The fourth-order valence-corrected chi connectivity index (χ4v) is 1.82. The van der Waals surface area contributed by atoms with Crippen molar-refractivity contribution in [1.29, 1.82) is 0 Å². The topological polar surface area (TPSA) is 17.8 Å². The summed E-state index contributed by atoms with van der Waals surface area (Å²) in [5.41, 5.74) is 1.48. The fraction of sp³-hybridized carbons (Fsp3) is 0.100. The predicted octanol–water partition coefficient (Wildman–Crippen LogP) is 3.40. The van der Waals surface area contributed by atoms with Gasteiger partial charge in [0.1, 0.15) is 12.1 Å². The number of hydrogen-bond acceptors (Lipinski definition) is 1. The summed E-state index contributed by atoms with van der Waals surface area (Å²) in [6, 6.07) is 6.04. The molecule has 0 amide bonds. The summed E-state index contributed by atoms with van der Waals surface area (Å²) in [4.78, 5) is 3.94. The largest absolute Gasteiger partial charge is 0.300 e. The maximum Gasteiger partial charge on any atom is 0.151 e. The molecule has 2 nitrogen and oxygen atoms in total. The van der Waals surface area contributed by atoms with Gasteiger partial charge in [-0.15, -0.1) is 11.6 Å². The fourth-order valence-electron chi connectivity index (χ4n) is 1.30. The van der Waals surface area contributed by atoms with Crippen LogP contribution >= 0.6 is 23.2 Å². The highest BCUT2D eigenvalue weighted by atomic mass is 35.5. The molecular formula is C10H7Cl2FN2. The summed E-state index contributed by atoms with van der Waals surface area (Å²) in [5.74, 6) is -0.0201. The molecule has 15 heavy (non-hydrogen) atoms. The zero-order valence-corrected chi connectivity index (χ0v) is 9.13. The number of imidazole rings is 1. The molecule has 5 heteroatoms. The molecule has 2 aromatic rings. The van der Waals surface area contributed by atoms with Crippen molar-refractivity contribution in [3.63, 3.8) is 0 Å². The average Bonchev–Trinajstić information content (AvgIpc) is 2.61. The van der Waals surface area contributed by atoms with Gasteiger partial charge in [0.15, 0.2) is 5.15 Å². The van der Waals surface area contributed by atoms with Gasteiger partial charge >= 0.3 is 0 Å². The van der Waals surface area contributed by atoms with Crippen molar-refractivity contribution >= 4 is 23.2 Å². The second-order valence-electron chi connectivity index (χ2n) is 2.96. The molecule has 0 atom stereocenters. The van der Waals surface area contributed by atoms with Crippen molar-refractivity contribution in [1.82, 2.24) is 9.55 Å². The van der Waals surface area contributed by atoms with Crippen molar-refractivity contribution in [3.8, 4) is 5.69 Å². The Hall–Kier alpha value is -1.06. The van der Waals surface area contributed by atoms with Crippen LogP contribution in [0.15, 0.2) is 30.6 Å². The van der Waals surface area contributed by atoms with Gasteiger partial charge in [-0.2, -0.15) is 0 Å². The molecule has 0 aliphatic carbocycles. The van der Waals surface area contributed by atoms with Gasteiger partial charge in [0, 0.05) is 5.69 Å². The molecule has 0 saturated heterocycles. The summed E-state index contributed by atoms with van der Waals surface area (Å²) < 4.78 is 14.4. The normalized spacial score (nSPS) is 10.6. The minimum Gasteiger partial charge on any atom is -0.300 e. The Morgan fingerprint density at radius 2 is 1.93 bits per heavy atom. The molecular weight excluding hydrogens is 238 g/mol. The summed E-state index contributed by atoms with van der Waals surface area (Å²) >= 11 is 11.6. The van der Waals surface area contributed by atoms with Gasteiger partial charge in [-0.3, -0.25) is 0 Å². The number of hydrogen-bond donors (Lipinski definition) is 0. The quantitative estimate of drug-likeness (QED) is 0.741. The van der Waals surface area contributed by atoms with Crippen LogP contribution in [-0.2, 0) is 5.88 Å². The maximum atomic E-state index is 12.7. The lowest BCUT2D eigenvalue weighted by Gasteiger charge is -2.05. The molecule has 2 rings (SSSR count). The van der Waals surface area contributed by atoms with Crippen LogP contribution in [0.25, 0.3) is 5.69 Å². The van der Waals surface area contributed by atoms with Crippen LogP contribution in [0.3, 0.4) is 0 Å². The van der Waals surface area contributed by atoms with Crippen molar-refractivity contribution in [3.05, 3.63) is 47.3 Å². The van der Waals surface area contributed by atoms with E-state index in [1.54, 1.807) is 23.0 Å². The average molecular weight is 245 g/mol. The summed E-state index contributed by atoms with van der Waals surface area (Å²) in [7, 11) is 0. The maximum absolute atomic E-state index is 12.7. The predicted molar refractivity (Wildman–Crippen MR) is 58.1 cm³/mol. The third kappa shape index (κ3) is 1.98. The molecule has 0 aliphatic heterocycles. The highest BCUT2D eigenvalue weighted by Gasteiger charge is 2.08. The number of benzene rings is 1. The van der Waals surface area contributed by atoms with E-state index in [4.69, 9.17) is 23.2 Å². The molecule has 0 N–H and O–H groups in total. The van der Waals surface area contributed by atoms with Gasteiger partial charge < -0.3 is 4.57 Å². The number of nitrogens with zero attached hydrogens (tertiary/aromatic N) is 2. The minimum absolute atomic E-state index is 0.260. The molecule has 1 aromatic heterocycles. The summed E-state index contributed by atoms with van der Waals surface area (Å²) in [5, 5.41) is 0.370. The first-order valence-corrected chi connectivity index (χ1v) is 5.17. The first kappa shape index (κ1) is 10.5. The first-order valence-electron chi connectivity index (χ1n) is 4.26. The van der Waals surface area contributed by atoms with E-state index in [0.29, 0.717) is 10.8 Å². The smallest absolute Gasteiger partial charge is 0.151 e. The van der Waals surface area contributed by atoms with Crippen LogP contribution in [0.5, 0.6) is 0 Å². The van der Waals surface area contributed by atoms with Crippen LogP contribution in [0.1, 0.15) is 5.69 Å². The Labute approximate surface area is 96.3 Å². The number of rotatable bonds is 2. The van der Waals surface area contributed by atoms with E-state index < -0.39 is 0 Å². The molecule has 0 radical (unpaired) electrons. The van der Waals surface area contributed by atoms with Crippen LogP contribution in [-0.4, -0.2) is 9.55 Å². The van der Waals surface area contributed by atoms with Crippen LogP contribution in [0, 0.1) is 5.82 Å². The molecule has 0 bridgehead atoms. The summed E-state index contributed by atoms with van der Waals surface area (Å²) in [6.45, 7) is 0. The molecule has 1 heterocycles. The van der Waals surface area contributed by atoms with Crippen molar-refractivity contribution < 1.29 is 4.39 Å². The minimum atomic E-state index is -0.280. The lowest BCUT2D eigenvalue weighted by molar-refractivity contribution is 0.627. The third-order valence-electron chi connectivity index (χ3n) is 2.05. The second kappa shape index (κ2) is 4.21. The van der Waals surface area contributed by atoms with Crippen molar-refractivity contribution in [2.45, 2.75) is 5.88 Å². The molecule has 1 aromatic carbocycles. The second-order valence-corrected chi connectivity index (χ2v) is 3.59. The van der Waals surface area contributed by atoms with Gasteiger partial charge in [-0.1, -0.05) is 11.6 Å². The zero-order valence-electron chi connectivity index (χ0n) is 7.62. The first-order chi connectivity index (χ1) is 7.22. The highest BCUT2D eigenvalue weighted by Crippen LogP contribution is 2.20. The number of alkyl halides is 1. The molecule has 0 saturated carbocycles. The molecule has 0 aliphatic rings. The van der Waals surface area contributed by atoms with Crippen LogP contribution < -0.4 is 0 Å². The Kier molecular flexibility index (Phi) is 2.93. The van der Waals surface area contributed by atoms with E-state index in [2.05, 4.69) is 4.98 Å². The molecule has 0 fully saturated rings. The van der Waals surface area contributed by atoms with Crippen molar-refractivity contribution in [2.24, 2.45) is 0 Å². The Morgan fingerprint density at radius 3 is 2.53 bits per heavy atom. The number of aromatic nitrogens is 2. The van der Waals surface area contributed by atoms with E-state index in [0.717, 1.165) is 5.69 Å². The van der Waals surface area contributed by atoms with Gasteiger partial charge in [-0.05, 0) is 24.3 Å². The monoisotopic (exact) mass is 244 g/mol. The SMILES string of the molecule is Fc1ccc(-n2cnc(Cl)c2CCl)cc1. The third-order valence-corrected chi connectivity index (χ3v) is 2.62. The van der Waals surface area contributed by atoms with Gasteiger partial charge in [0.05, 0.1) is 11.6 Å². The zero-order chi connectivity index (χ0) is 10.8. The van der Waals surface area contributed by atoms with Crippen molar-refractivity contribution in [2.75, 3.05) is 0 Å². The molecule has 0 spiro atoms. The standard InChI is InChI=1S/C10H7Cl2FN2/c11-5-9-10(12)14-6-15(9)8-3-1-7(13)2-4-8/h1-4,6H,5H2. The molecule has 0 unspecified atom stereocenters. The Bertz CT molecular complexity index is 465. The van der Waals surface area contributed by atoms with E-state index in [9.17, 15) is 4.39 Å².